The first-order valence-electron chi connectivity index (χ1n) is 3.85. The minimum atomic E-state index is -4.35. The van der Waals surface area contributed by atoms with Crippen LogP contribution in [-0.4, -0.2) is 4.99 Å². The van der Waals surface area contributed by atoms with Crippen molar-refractivity contribution in [1.82, 2.24) is 0 Å². The van der Waals surface area contributed by atoms with Crippen molar-refractivity contribution in [2.75, 3.05) is 5.32 Å². The number of para-hydroxylation sites is 1. The van der Waals surface area contributed by atoms with Crippen LogP contribution in [0.3, 0.4) is 0 Å². The molecule has 0 fully saturated rings. The van der Waals surface area contributed by atoms with Crippen molar-refractivity contribution in [2.45, 2.75) is 13.1 Å². The van der Waals surface area contributed by atoms with Crippen molar-refractivity contribution in [3.05, 3.63) is 29.8 Å². The van der Waals surface area contributed by atoms with Crippen molar-refractivity contribution >= 4 is 22.9 Å². The van der Waals surface area contributed by atoms with Gasteiger partial charge in [-0.25, -0.2) is 0 Å². The van der Waals surface area contributed by atoms with Crippen LogP contribution in [0.4, 0.5) is 18.9 Å². The van der Waals surface area contributed by atoms with Crippen LogP contribution in [0.5, 0.6) is 0 Å². The van der Waals surface area contributed by atoms with Gasteiger partial charge in [-0.15, -0.1) is 0 Å². The average molecular weight is 219 g/mol. The maximum Gasteiger partial charge on any atom is 0.418 e. The molecule has 14 heavy (non-hydrogen) atoms. The largest absolute Gasteiger partial charge is 0.418 e. The summed E-state index contributed by atoms with van der Waals surface area (Å²) in [7, 11) is 0. The second kappa shape index (κ2) is 3.96. The molecule has 0 saturated heterocycles. The van der Waals surface area contributed by atoms with Crippen molar-refractivity contribution in [1.29, 1.82) is 0 Å². The van der Waals surface area contributed by atoms with Gasteiger partial charge in [-0.3, -0.25) is 0 Å². The highest BCUT2D eigenvalue weighted by Crippen LogP contribution is 2.34. The van der Waals surface area contributed by atoms with E-state index in [1.807, 2.05) is 0 Å². The summed E-state index contributed by atoms with van der Waals surface area (Å²) in [5.74, 6) is 0. The molecule has 0 saturated carbocycles. The summed E-state index contributed by atoms with van der Waals surface area (Å²) in [5.41, 5.74) is -0.711. The molecule has 0 bridgehead atoms. The van der Waals surface area contributed by atoms with E-state index in [2.05, 4.69) is 17.5 Å². The van der Waals surface area contributed by atoms with E-state index in [0.717, 1.165) is 6.07 Å². The number of thiocarbonyl (C=S) groups is 1. The third kappa shape index (κ3) is 2.70. The molecule has 0 aromatic heterocycles. The standard InChI is InChI=1S/C9H8F3NS/c1-6(14)13-8-5-3-2-4-7(8)9(10,11)12/h2-5H,1H3,(H,13,14). The summed E-state index contributed by atoms with van der Waals surface area (Å²) in [4.78, 5) is 0.307. The lowest BCUT2D eigenvalue weighted by molar-refractivity contribution is -0.136. The van der Waals surface area contributed by atoms with Crippen molar-refractivity contribution in [3.8, 4) is 0 Å². The molecule has 0 radical (unpaired) electrons. The minimum Gasteiger partial charge on any atom is -0.350 e. The molecule has 1 N–H and O–H groups in total. The Morgan fingerprint density at radius 2 is 1.86 bits per heavy atom. The maximum absolute atomic E-state index is 12.4. The van der Waals surface area contributed by atoms with Crippen LogP contribution in [-0.2, 0) is 6.18 Å². The molecule has 0 aliphatic rings. The zero-order valence-corrected chi connectivity index (χ0v) is 8.17. The fraction of sp³-hybridized carbons (Fsp3) is 0.222. The predicted octanol–water partition coefficient (Wildman–Crippen LogP) is 3.46. The lowest BCUT2D eigenvalue weighted by Crippen LogP contribution is -2.12. The summed E-state index contributed by atoms with van der Waals surface area (Å²) < 4.78 is 37.2. The van der Waals surface area contributed by atoms with Crippen LogP contribution in [0.15, 0.2) is 24.3 Å². The Kier molecular flexibility index (Phi) is 3.10. The lowest BCUT2D eigenvalue weighted by Gasteiger charge is -2.13. The SMILES string of the molecule is CC(=S)Nc1ccccc1C(F)(F)F. The Morgan fingerprint density at radius 3 is 2.36 bits per heavy atom. The van der Waals surface area contributed by atoms with Crippen LogP contribution < -0.4 is 5.32 Å². The van der Waals surface area contributed by atoms with Crippen LogP contribution >= 0.6 is 12.2 Å². The molecule has 0 aliphatic carbocycles. The van der Waals surface area contributed by atoms with Crippen LogP contribution in [0.25, 0.3) is 0 Å². The van der Waals surface area contributed by atoms with Gasteiger partial charge in [0.25, 0.3) is 0 Å². The fourth-order valence-electron chi connectivity index (χ4n) is 1.03. The van der Waals surface area contributed by atoms with Gasteiger partial charge in [0, 0.05) is 0 Å². The number of anilines is 1. The quantitative estimate of drug-likeness (QED) is 0.726. The first-order chi connectivity index (χ1) is 6.41. The lowest BCUT2D eigenvalue weighted by atomic mass is 10.1. The smallest absolute Gasteiger partial charge is 0.350 e. The van der Waals surface area contributed by atoms with E-state index in [1.54, 1.807) is 0 Å². The summed E-state index contributed by atoms with van der Waals surface area (Å²) in [6.45, 7) is 1.53. The second-order valence-corrected chi connectivity index (χ2v) is 3.34. The molecule has 0 amide bonds. The van der Waals surface area contributed by atoms with Gasteiger partial charge in [0.1, 0.15) is 0 Å². The van der Waals surface area contributed by atoms with Crippen LogP contribution in [0.2, 0.25) is 0 Å². The van der Waals surface area contributed by atoms with Gasteiger partial charge >= 0.3 is 6.18 Å². The van der Waals surface area contributed by atoms with E-state index in [-0.39, 0.29) is 5.69 Å². The van der Waals surface area contributed by atoms with E-state index < -0.39 is 11.7 Å². The van der Waals surface area contributed by atoms with Crippen molar-refractivity contribution in [2.24, 2.45) is 0 Å². The molecule has 1 nitrogen and oxygen atoms in total. The van der Waals surface area contributed by atoms with Gasteiger partial charge in [0.05, 0.1) is 16.2 Å². The highest BCUT2D eigenvalue weighted by Gasteiger charge is 2.33. The van der Waals surface area contributed by atoms with Gasteiger partial charge in [-0.1, -0.05) is 24.4 Å². The van der Waals surface area contributed by atoms with Crippen LogP contribution in [0, 0.1) is 0 Å². The van der Waals surface area contributed by atoms with E-state index in [0.29, 0.717) is 4.99 Å². The van der Waals surface area contributed by atoms with E-state index in [1.165, 1.54) is 25.1 Å². The van der Waals surface area contributed by atoms with Gasteiger partial charge < -0.3 is 5.32 Å². The summed E-state index contributed by atoms with van der Waals surface area (Å²) in [5, 5.41) is 2.49. The number of benzene rings is 1. The molecule has 1 aromatic carbocycles. The van der Waals surface area contributed by atoms with E-state index in [4.69, 9.17) is 0 Å². The monoisotopic (exact) mass is 219 g/mol. The first kappa shape index (κ1) is 11.0. The Balaban J connectivity index is 3.10. The molecular formula is C9H8F3NS. The average Bonchev–Trinajstić information content (AvgIpc) is 2.01. The molecule has 0 aliphatic heterocycles. The number of rotatable bonds is 1. The topological polar surface area (TPSA) is 12.0 Å². The summed E-state index contributed by atoms with van der Waals surface area (Å²) in [6.07, 6.45) is -4.35. The molecule has 0 unspecified atom stereocenters. The van der Waals surface area contributed by atoms with Gasteiger partial charge in [-0.2, -0.15) is 13.2 Å². The van der Waals surface area contributed by atoms with Crippen LogP contribution in [0.1, 0.15) is 12.5 Å². The molecule has 0 spiro atoms. The highest BCUT2D eigenvalue weighted by atomic mass is 32.1. The minimum absolute atomic E-state index is 0.00694. The zero-order valence-electron chi connectivity index (χ0n) is 7.35. The summed E-state index contributed by atoms with van der Waals surface area (Å²) >= 11 is 4.68. The molecule has 0 atom stereocenters. The maximum atomic E-state index is 12.4. The number of hydrogen-bond donors (Lipinski definition) is 1. The van der Waals surface area contributed by atoms with Gasteiger partial charge in [0.15, 0.2) is 0 Å². The molecule has 0 heterocycles. The zero-order chi connectivity index (χ0) is 10.8. The second-order valence-electron chi connectivity index (χ2n) is 2.72. The Labute approximate surface area is 84.9 Å². The Morgan fingerprint density at radius 1 is 1.29 bits per heavy atom. The number of halogens is 3. The van der Waals surface area contributed by atoms with E-state index >= 15 is 0 Å². The van der Waals surface area contributed by atoms with Crippen molar-refractivity contribution in [3.63, 3.8) is 0 Å². The number of hydrogen-bond acceptors (Lipinski definition) is 1. The third-order valence-electron chi connectivity index (χ3n) is 1.54. The third-order valence-corrected chi connectivity index (χ3v) is 1.65. The van der Waals surface area contributed by atoms with Gasteiger partial charge in [-0.05, 0) is 19.1 Å². The van der Waals surface area contributed by atoms with E-state index in [9.17, 15) is 13.2 Å². The molecule has 1 rings (SSSR count). The predicted molar refractivity (Wildman–Crippen MR) is 53.3 cm³/mol. The normalized spacial score (nSPS) is 11.1. The van der Waals surface area contributed by atoms with Crippen molar-refractivity contribution < 1.29 is 13.2 Å². The fourth-order valence-corrected chi connectivity index (χ4v) is 1.14. The Bertz CT molecular complexity index is 346. The number of nitrogens with one attached hydrogen (secondary N) is 1. The highest BCUT2D eigenvalue weighted by molar-refractivity contribution is 7.80. The molecule has 5 heteroatoms. The molecular weight excluding hydrogens is 211 g/mol. The number of alkyl halides is 3. The molecule has 76 valence electrons. The Hall–Kier alpha value is -1.10. The summed E-state index contributed by atoms with van der Waals surface area (Å²) in [6, 6.07) is 5.22. The molecule has 1 aromatic rings. The first-order valence-corrected chi connectivity index (χ1v) is 4.26. The van der Waals surface area contributed by atoms with Gasteiger partial charge in [0.2, 0.25) is 0 Å².